The molecule has 6 nitrogen and oxygen atoms in total. The molecule has 7 heteroatoms. The van der Waals surface area contributed by atoms with Crippen LogP contribution in [-0.2, 0) is 6.54 Å². The van der Waals surface area contributed by atoms with Gasteiger partial charge < -0.3 is 5.32 Å². The summed E-state index contributed by atoms with van der Waals surface area (Å²) in [6, 6.07) is 14.1. The SMILES string of the molecule is CCn1nc(-c2ccc(F)cc2)c(C(C)=O)c(Nc2ccc(C#N)cc2)c1=O. The number of ketones is 1. The maximum atomic E-state index is 13.3. The van der Waals surface area contributed by atoms with E-state index >= 15 is 0 Å². The number of nitriles is 1. The largest absolute Gasteiger partial charge is 0.350 e. The second-order valence-corrected chi connectivity index (χ2v) is 6.10. The number of Topliss-reactive ketones (excluding diaryl/α,β-unsaturated/α-hetero) is 1. The lowest BCUT2D eigenvalue weighted by Crippen LogP contribution is -2.28. The zero-order valence-corrected chi connectivity index (χ0v) is 15.4. The highest BCUT2D eigenvalue weighted by Gasteiger charge is 2.22. The van der Waals surface area contributed by atoms with Gasteiger partial charge in [0.15, 0.2) is 5.78 Å². The molecule has 0 amide bonds. The minimum atomic E-state index is -0.442. The van der Waals surface area contributed by atoms with Gasteiger partial charge in [-0.2, -0.15) is 10.4 Å². The Morgan fingerprint density at radius 2 is 1.82 bits per heavy atom. The Labute approximate surface area is 160 Å². The average Bonchev–Trinajstić information content (AvgIpc) is 2.70. The van der Waals surface area contributed by atoms with Crippen molar-refractivity contribution < 1.29 is 9.18 Å². The topological polar surface area (TPSA) is 87.8 Å². The zero-order valence-electron chi connectivity index (χ0n) is 15.4. The molecular formula is C21H17FN4O2. The fourth-order valence-corrected chi connectivity index (χ4v) is 2.83. The summed E-state index contributed by atoms with van der Waals surface area (Å²) in [4.78, 5) is 25.3. The van der Waals surface area contributed by atoms with Crippen molar-refractivity contribution in [3.05, 3.63) is 75.8 Å². The fraction of sp³-hybridized carbons (Fsp3) is 0.143. The van der Waals surface area contributed by atoms with Crippen molar-refractivity contribution in [2.24, 2.45) is 0 Å². The van der Waals surface area contributed by atoms with Crippen LogP contribution >= 0.6 is 0 Å². The Morgan fingerprint density at radius 3 is 2.36 bits per heavy atom. The van der Waals surface area contributed by atoms with Crippen LogP contribution in [0.3, 0.4) is 0 Å². The number of rotatable bonds is 5. The molecule has 0 unspecified atom stereocenters. The molecular weight excluding hydrogens is 359 g/mol. The third-order valence-corrected chi connectivity index (χ3v) is 4.21. The number of carbonyl (C=O) groups is 1. The number of benzene rings is 2. The highest BCUT2D eigenvalue weighted by Crippen LogP contribution is 2.28. The Balaban J connectivity index is 2.23. The summed E-state index contributed by atoms with van der Waals surface area (Å²) in [6.45, 7) is 3.42. The van der Waals surface area contributed by atoms with Crippen LogP contribution in [0.15, 0.2) is 53.3 Å². The van der Waals surface area contributed by atoms with Crippen molar-refractivity contribution in [2.45, 2.75) is 20.4 Å². The van der Waals surface area contributed by atoms with E-state index in [-0.39, 0.29) is 17.0 Å². The summed E-state index contributed by atoms with van der Waals surface area (Å²) >= 11 is 0. The molecule has 0 bridgehead atoms. The molecule has 3 aromatic rings. The van der Waals surface area contributed by atoms with E-state index in [0.717, 1.165) is 0 Å². The van der Waals surface area contributed by atoms with Crippen molar-refractivity contribution in [3.63, 3.8) is 0 Å². The predicted octanol–water partition coefficient (Wildman–Crippen LogP) is 3.89. The van der Waals surface area contributed by atoms with Crippen molar-refractivity contribution in [1.29, 1.82) is 5.26 Å². The van der Waals surface area contributed by atoms with Crippen LogP contribution in [0.2, 0.25) is 0 Å². The number of anilines is 2. The van der Waals surface area contributed by atoms with E-state index in [9.17, 15) is 14.0 Å². The van der Waals surface area contributed by atoms with E-state index in [0.29, 0.717) is 29.1 Å². The van der Waals surface area contributed by atoms with Gasteiger partial charge in [-0.1, -0.05) is 0 Å². The average molecular weight is 376 g/mol. The van der Waals surface area contributed by atoms with E-state index < -0.39 is 11.4 Å². The molecule has 28 heavy (non-hydrogen) atoms. The van der Waals surface area contributed by atoms with Gasteiger partial charge in [0.1, 0.15) is 17.2 Å². The molecule has 0 saturated carbocycles. The molecule has 1 N–H and O–H groups in total. The summed E-state index contributed by atoms with van der Waals surface area (Å²) in [5, 5.41) is 16.2. The maximum Gasteiger partial charge on any atom is 0.291 e. The molecule has 2 aromatic carbocycles. The molecule has 0 radical (unpaired) electrons. The van der Waals surface area contributed by atoms with E-state index in [2.05, 4.69) is 10.4 Å². The zero-order chi connectivity index (χ0) is 20.3. The fourth-order valence-electron chi connectivity index (χ4n) is 2.83. The van der Waals surface area contributed by atoms with Crippen LogP contribution in [-0.4, -0.2) is 15.6 Å². The van der Waals surface area contributed by atoms with Gasteiger partial charge in [0.05, 0.1) is 17.2 Å². The van der Waals surface area contributed by atoms with Gasteiger partial charge in [-0.3, -0.25) is 9.59 Å². The van der Waals surface area contributed by atoms with Gasteiger partial charge in [-0.15, -0.1) is 0 Å². The lowest BCUT2D eigenvalue weighted by molar-refractivity contribution is 0.101. The highest BCUT2D eigenvalue weighted by atomic mass is 19.1. The normalized spacial score (nSPS) is 10.4. The highest BCUT2D eigenvalue weighted by molar-refractivity contribution is 6.05. The van der Waals surface area contributed by atoms with Crippen molar-refractivity contribution in [1.82, 2.24) is 9.78 Å². The molecule has 0 aliphatic carbocycles. The van der Waals surface area contributed by atoms with Gasteiger partial charge >= 0.3 is 0 Å². The molecule has 0 atom stereocenters. The van der Waals surface area contributed by atoms with Gasteiger partial charge in [-0.25, -0.2) is 9.07 Å². The lowest BCUT2D eigenvalue weighted by Gasteiger charge is -2.16. The first kappa shape index (κ1) is 19.0. The molecule has 0 fully saturated rings. The molecule has 1 aromatic heterocycles. The first-order chi connectivity index (χ1) is 13.4. The number of hydrogen-bond acceptors (Lipinski definition) is 5. The van der Waals surface area contributed by atoms with Crippen LogP contribution in [0.25, 0.3) is 11.3 Å². The van der Waals surface area contributed by atoms with Crippen LogP contribution < -0.4 is 10.9 Å². The Morgan fingerprint density at radius 1 is 1.18 bits per heavy atom. The van der Waals surface area contributed by atoms with Gasteiger partial charge in [0, 0.05) is 17.8 Å². The number of halogens is 1. The third-order valence-electron chi connectivity index (χ3n) is 4.21. The summed E-state index contributed by atoms with van der Waals surface area (Å²) in [7, 11) is 0. The number of aryl methyl sites for hydroxylation is 1. The molecule has 0 spiro atoms. The molecule has 0 saturated heterocycles. The summed E-state index contributed by atoms with van der Waals surface area (Å²) in [6.07, 6.45) is 0. The molecule has 1 heterocycles. The summed E-state index contributed by atoms with van der Waals surface area (Å²) < 4.78 is 14.6. The standard InChI is InChI=1S/C21H17FN4O2/c1-3-26-21(28)20(24-17-10-4-14(12-23)5-11-17)18(13(2)27)19(25-26)15-6-8-16(22)9-7-15/h4-11,24H,3H2,1-2H3. The van der Waals surface area contributed by atoms with Crippen molar-refractivity contribution in [3.8, 4) is 17.3 Å². The van der Waals surface area contributed by atoms with Crippen LogP contribution in [0, 0.1) is 17.1 Å². The number of nitrogens with one attached hydrogen (secondary N) is 1. The number of carbonyl (C=O) groups excluding carboxylic acids is 1. The van der Waals surface area contributed by atoms with Gasteiger partial charge in [0.25, 0.3) is 5.56 Å². The molecule has 140 valence electrons. The second kappa shape index (κ2) is 7.84. The first-order valence-electron chi connectivity index (χ1n) is 8.63. The van der Waals surface area contributed by atoms with Crippen molar-refractivity contribution >= 4 is 17.2 Å². The second-order valence-electron chi connectivity index (χ2n) is 6.10. The smallest absolute Gasteiger partial charge is 0.291 e. The number of aromatic nitrogens is 2. The third kappa shape index (κ3) is 3.67. The van der Waals surface area contributed by atoms with Crippen LogP contribution in [0.1, 0.15) is 29.8 Å². The molecule has 0 aliphatic heterocycles. The van der Waals surface area contributed by atoms with Crippen molar-refractivity contribution in [2.75, 3.05) is 5.32 Å². The van der Waals surface area contributed by atoms with E-state index in [1.807, 2.05) is 6.07 Å². The van der Waals surface area contributed by atoms with Crippen LogP contribution in [0.5, 0.6) is 0 Å². The predicted molar refractivity (Wildman–Crippen MR) is 104 cm³/mol. The number of hydrogen-bond donors (Lipinski definition) is 1. The minimum Gasteiger partial charge on any atom is -0.350 e. The first-order valence-corrected chi connectivity index (χ1v) is 8.63. The monoisotopic (exact) mass is 376 g/mol. The van der Waals surface area contributed by atoms with Crippen LogP contribution in [0.4, 0.5) is 15.8 Å². The van der Waals surface area contributed by atoms with E-state index in [4.69, 9.17) is 5.26 Å². The molecule has 0 aliphatic rings. The van der Waals surface area contributed by atoms with E-state index in [1.165, 1.54) is 35.9 Å². The Kier molecular flexibility index (Phi) is 5.32. The quantitative estimate of drug-likeness (QED) is 0.683. The number of nitrogens with zero attached hydrogens (tertiary/aromatic N) is 3. The maximum absolute atomic E-state index is 13.3. The van der Waals surface area contributed by atoms with Gasteiger partial charge in [-0.05, 0) is 62.4 Å². The lowest BCUT2D eigenvalue weighted by atomic mass is 10.0. The van der Waals surface area contributed by atoms with E-state index in [1.54, 1.807) is 31.2 Å². The Hall–Kier alpha value is -3.79. The summed E-state index contributed by atoms with van der Waals surface area (Å²) in [5.74, 6) is -0.754. The summed E-state index contributed by atoms with van der Waals surface area (Å²) in [5.41, 5.74) is 1.63. The Bertz CT molecular complexity index is 1130. The van der Waals surface area contributed by atoms with Gasteiger partial charge in [0.2, 0.25) is 0 Å². The minimum absolute atomic E-state index is 0.0911. The molecule has 3 rings (SSSR count).